The van der Waals surface area contributed by atoms with Crippen molar-refractivity contribution in [2.45, 2.75) is 6.92 Å². The summed E-state index contributed by atoms with van der Waals surface area (Å²) in [5, 5.41) is 2.07. The number of nitrogens with zero attached hydrogens (tertiary/aromatic N) is 3. The maximum atomic E-state index is 12.7. The molecule has 2 aromatic carbocycles. The van der Waals surface area contributed by atoms with Gasteiger partial charge in [0.2, 0.25) is 0 Å². The van der Waals surface area contributed by atoms with E-state index < -0.39 is 0 Å². The molecule has 0 spiro atoms. The molecule has 0 saturated carbocycles. The number of carbonyl (C=O) groups excluding carboxylic acids is 1. The van der Waals surface area contributed by atoms with E-state index in [4.69, 9.17) is 5.73 Å². The Bertz CT molecular complexity index is 944. The van der Waals surface area contributed by atoms with E-state index in [1.165, 1.54) is 5.56 Å². The van der Waals surface area contributed by atoms with E-state index >= 15 is 0 Å². The molecule has 2 heterocycles. The van der Waals surface area contributed by atoms with Crippen molar-refractivity contribution in [3.05, 3.63) is 65.9 Å². The molecular formula is C21H22N4O. The topological polar surface area (TPSA) is 62.5 Å². The van der Waals surface area contributed by atoms with Gasteiger partial charge in [-0.05, 0) is 48.7 Å². The van der Waals surface area contributed by atoms with Crippen LogP contribution in [0, 0.1) is 6.92 Å². The zero-order valence-corrected chi connectivity index (χ0v) is 14.9. The first-order valence-electron chi connectivity index (χ1n) is 8.87. The Labute approximate surface area is 153 Å². The number of nitrogen functional groups attached to an aromatic ring is 1. The number of benzene rings is 2. The molecule has 1 fully saturated rings. The fraction of sp³-hybridized carbons (Fsp3) is 0.238. The van der Waals surface area contributed by atoms with Crippen LogP contribution in [-0.4, -0.2) is 42.0 Å². The van der Waals surface area contributed by atoms with Crippen molar-refractivity contribution in [3.8, 4) is 0 Å². The van der Waals surface area contributed by atoms with Crippen molar-refractivity contribution in [2.75, 3.05) is 36.8 Å². The number of hydrogen-bond donors (Lipinski definition) is 1. The van der Waals surface area contributed by atoms with Crippen LogP contribution in [0.5, 0.6) is 0 Å². The molecule has 0 radical (unpaired) electrons. The summed E-state index contributed by atoms with van der Waals surface area (Å²) in [6, 6.07) is 16.0. The van der Waals surface area contributed by atoms with Gasteiger partial charge >= 0.3 is 0 Å². The molecule has 0 atom stereocenters. The van der Waals surface area contributed by atoms with Gasteiger partial charge in [0.15, 0.2) is 0 Å². The number of amides is 1. The van der Waals surface area contributed by atoms with Crippen LogP contribution < -0.4 is 10.6 Å². The second-order valence-corrected chi connectivity index (χ2v) is 6.75. The van der Waals surface area contributed by atoms with E-state index in [1.807, 2.05) is 48.2 Å². The first-order chi connectivity index (χ1) is 12.6. The SMILES string of the molecule is Cc1ccc(C(=O)N2CCN(c3ccc4c(N)nccc4c3)CC2)cc1. The van der Waals surface area contributed by atoms with Gasteiger partial charge in [0, 0.05) is 49.0 Å². The Kier molecular flexibility index (Phi) is 4.21. The molecule has 3 aromatic rings. The van der Waals surface area contributed by atoms with E-state index in [1.54, 1.807) is 6.20 Å². The summed E-state index contributed by atoms with van der Waals surface area (Å²) < 4.78 is 0. The summed E-state index contributed by atoms with van der Waals surface area (Å²) in [4.78, 5) is 21.0. The Morgan fingerprint density at radius 1 is 1.00 bits per heavy atom. The second kappa shape index (κ2) is 6.67. The van der Waals surface area contributed by atoms with Gasteiger partial charge in [0.1, 0.15) is 5.82 Å². The molecule has 4 rings (SSSR count). The van der Waals surface area contributed by atoms with Crippen LogP contribution in [0.2, 0.25) is 0 Å². The van der Waals surface area contributed by atoms with E-state index in [2.05, 4.69) is 22.0 Å². The van der Waals surface area contributed by atoms with Gasteiger partial charge in [-0.2, -0.15) is 0 Å². The van der Waals surface area contributed by atoms with Gasteiger partial charge in [-0.15, -0.1) is 0 Å². The van der Waals surface area contributed by atoms with Gasteiger partial charge in [-0.25, -0.2) is 4.98 Å². The number of anilines is 2. The Morgan fingerprint density at radius 2 is 1.73 bits per heavy atom. The molecule has 2 N–H and O–H groups in total. The lowest BCUT2D eigenvalue weighted by atomic mass is 10.1. The second-order valence-electron chi connectivity index (χ2n) is 6.75. The van der Waals surface area contributed by atoms with Crippen molar-refractivity contribution in [1.82, 2.24) is 9.88 Å². The molecule has 1 aromatic heterocycles. The Balaban J connectivity index is 1.46. The summed E-state index contributed by atoms with van der Waals surface area (Å²) in [7, 11) is 0. The van der Waals surface area contributed by atoms with Crippen LogP contribution in [-0.2, 0) is 0 Å². The number of hydrogen-bond acceptors (Lipinski definition) is 4. The van der Waals surface area contributed by atoms with Crippen molar-refractivity contribution in [3.63, 3.8) is 0 Å². The largest absolute Gasteiger partial charge is 0.383 e. The number of pyridine rings is 1. The summed E-state index contributed by atoms with van der Waals surface area (Å²) in [6.07, 6.45) is 1.74. The highest BCUT2D eigenvalue weighted by Gasteiger charge is 2.22. The summed E-state index contributed by atoms with van der Waals surface area (Å²) in [5.41, 5.74) is 9.02. The lowest BCUT2D eigenvalue weighted by Crippen LogP contribution is -2.48. The number of fused-ring (bicyclic) bond motifs is 1. The molecule has 5 nitrogen and oxygen atoms in total. The molecule has 5 heteroatoms. The molecule has 26 heavy (non-hydrogen) atoms. The molecule has 1 aliphatic heterocycles. The number of piperazine rings is 1. The standard InChI is InChI=1S/C21H22N4O/c1-15-2-4-16(5-3-15)21(26)25-12-10-24(11-13-25)18-6-7-19-17(14-18)8-9-23-20(19)22/h2-9,14H,10-13H2,1H3,(H2,22,23). The van der Waals surface area contributed by atoms with E-state index in [-0.39, 0.29) is 5.91 Å². The highest BCUT2D eigenvalue weighted by atomic mass is 16.2. The Hall–Kier alpha value is -3.08. The minimum atomic E-state index is 0.113. The van der Waals surface area contributed by atoms with Gasteiger partial charge in [0.25, 0.3) is 5.91 Å². The molecule has 0 bridgehead atoms. The van der Waals surface area contributed by atoms with Crippen LogP contribution in [0.4, 0.5) is 11.5 Å². The average Bonchev–Trinajstić information content (AvgIpc) is 2.68. The number of aryl methyl sites for hydroxylation is 1. The Morgan fingerprint density at radius 3 is 2.46 bits per heavy atom. The average molecular weight is 346 g/mol. The molecule has 0 unspecified atom stereocenters. The molecular weight excluding hydrogens is 324 g/mol. The van der Waals surface area contributed by atoms with E-state index in [0.717, 1.165) is 48.2 Å². The van der Waals surface area contributed by atoms with Crippen molar-refractivity contribution < 1.29 is 4.79 Å². The normalized spacial score (nSPS) is 14.7. The predicted molar refractivity (Wildman–Crippen MR) is 105 cm³/mol. The molecule has 132 valence electrons. The molecule has 1 amide bonds. The van der Waals surface area contributed by atoms with Gasteiger partial charge < -0.3 is 15.5 Å². The first-order valence-corrected chi connectivity index (χ1v) is 8.87. The monoisotopic (exact) mass is 346 g/mol. The fourth-order valence-corrected chi connectivity index (χ4v) is 3.43. The van der Waals surface area contributed by atoms with Gasteiger partial charge in [-0.3, -0.25) is 4.79 Å². The number of rotatable bonds is 2. The fourth-order valence-electron chi connectivity index (χ4n) is 3.43. The lowest BCUT2D eigenvalue weighted by molar-refractivity contribution is 0.0747. The summed E-state index contributed by atoms with van der Waals surface area (Å²) in [5.74, 6) is 0.671. The van der Waals surface area contributed by atoms with Crippen LogP contribution in [0.15, 0.2) is 54.7 Å². The number of aromatic nitrogens is 1. The third-order valence-corrected chi connectivity index (χ3v) is 5.01. The van der Waals surface area contributed by atoms with Crippen LogP contribution in [0.3, 0.4) is 0 Å². The van der Waals surface area contributed by atoms with Gasteiger partial charge in [0.05, 0.1) is 0 Å². The van der Waals surface area contributed by atoms with Crippen molar-refractivity contribution in [2.24, 2.45) is 0 Å². The number of nitrogens with two attached hydrogens (primary N) is 1. The van der Waals surface area contributed by atoms with E-state index in [9.17, 15) is 4.79 Å². The lowest BCUT2D eigenvalue weighted by Gasteiger charge is -2.36. The van der Waals surface area contributed by atoms with Crippen molar-refractivity contribution >= 4 is 28.2 Å². The highest BCUT2D eigenvalue weighted by Crippen LogP contribution is 2.25. The quantitative estimate of drug-likeness (QED) is 0.774. The van der Waals surface area contributed by atoms with Crippen LogP contribution >= 0.6 is 0 Å². The van der Waals surface area contributed by atoms with Gasteiger partial charge in [-0.1, -0.05) is 17.7 Å². The molecule has 1 saturated heterocycles. The number of carbonyl (C=O) groups is 1. The molecule has 0 aliphatic carbocycles. The van der Waals surface area contributed by atoms with E-state index in [0.29, 0.717) is 5.82 Å². The van der Waals surface area contributed by atoms with Crippen LogP contribution in [0.1, 0.15) is 15.9 Å². The minimum Gasteiger partial charge on any atom is -0.383 e. The van der Waals surface area contributed by atoms with Crippen LogP contribution in [0.25, 0.3) is 10.8 Å². The predicted octanol–water partition coefficient (Wildman–Crippen LogP) is 3.09. The zero-order chi connectivity index (χ0) is 18.1. The zero-order valence-electron chi connectivity index (χ0n) is 14.9. The summed E-state index contributed by atoms with van der Waals surface area (Å²) in [6.45, 7) is 5.13. The van der Waals surface area contributed by atoms with Crippen molar-refractivity contribution in [1.29, 1.82) is 0 Å². The third-order valence-electron chi connectivity index (χ3n) is 5.01. The highest BCUT2D eigenvalue weighted by molar-refractivity contribution is 5.95. The maximum Gasteiger partial charge on any atom is 0.253 e. The molecule has 1 aliphatic rings. The summed E-state index contributed by atoms with van der Waals surface area (Å²) >= 11 is 0. The first kappa shape index (κ1) is 16.4. The maximum absolute atomic E-state index is 12.7. The third kappa shape index (κ3) is 3.08. The minimum absolute atomic E-state index is 0.113. The smallest absolute Gasteiger partial charge is 0.253 e.